The van der Waals surface area contributed by atoms with Gasteiger partial charge in [-0.05, 0) is 41.9 Å². The number of benzene rings is 1. The molecule has 1 aromatic carbocycles. The number of hydrogen-bond donors (Lipinski definition) is 1. The van der Waals surface area contributed by atoms with Crippen LogP contribution in [0.1, 0.15) is 19.4 Å². The van der Waals surface area contributed by atoms with Crippen LogP contribution in [0.3, 0.4) is 0 Å². The minimum absolute atomic E-state index is 0.205. The zero-order valence-electron chi connectivity index (χ0n) is 8.27. The molecule has 0 bridgehead atoms. The zero-order valence-corrected chi connectivity index (χ0v) is 9.85. The first kappa shape index (κ1) is 11.5. The molecule has 1 aromatic rings. The summed E-state index contributed by atoms with van der Waals surface area (Å²) in [4.78, 5) is 0. The summed E-state index contributed by atoms with van der Waals surface area (Å²) in [6.07, 6.45) is 0. The Hall–Kier alpha value is -0.610. The van der Waals surface area contributed by atoms with Gasteiger partial charge in [0.2, 0.25) is 0 Å². The molecule has 0 atom stereocenters. The monoisotopic (exact) mass is 262 g/mol. The van der Waals surface area contributed by atoms with Gasteiger partial charge in [0.25, 0.3) is 0 Å². The Morgan fingerprint density at radius 2 is 2.00 bits per heavy atom. The summed E-state index contributed by atoms with van der Waals surface area (Å²) in [6.45, 7) is 3.05. The summed E-state index contributed by atoms with van der Waals surface area (Å²) in [5, 5.41) is 9.75. The highest BCUT2D eigenvalue weighted by Gasteiger charge is 2.25. The van der Waals surface area contributed by atoms with Gasteiger partial charge in [-0.25, -0.2) is 4.39 Å². The average molecular weight is 263 g/mol. The van der Waals surface area contributed by atoms with Crippen molar-refractivity contribution in [1.29, 1.82) is 0 Å². The van der Waals surface area contributed by atoms with Crippen molar-refractivity contribution < 1.29 is 14.2 Å². The molecule has 0 fully saturated rings. The normalized spacial score (nSPS) is 11.6. The average Bonchev–Trinajstić information content (AvgIpc) is 2.02. The lowest BCUT2D eigenvalue weighted by molar-refractivity contribution is 0.0734. The molecule has 0 aliphatic rings. The molecule has 1 N–H and O–H groups in total. The van der Waals surface area contributed by atoms with Crippen LogP contribution in [-0.4, -0.2) is 12.2 Å². The number of aliphatic hydroxyl groups is 1. The Kier molecular flexibility index (Phi) is 3.17. The minimum atomic E-state index is -1.24. The number of hydrogen-bond acceptors (Lipinski definition) is 2. The van der Waals surface area contributed by atoms with Crippen molar-refractivity contribution in [2.45, 2.75) is 19.4 Å². The van der Waals surface area contributed by atoms with E-state index in [2.05, 4.69) is 15.9 Å². The Morgan fingerprint density at radius 3 is 2.43 bits per heavy atom. The number of halogens is 2. The van der Waals surface area contributed by atoms with Crippen LogP contribution in [-0.2, 0) is 5.60 Å². The van der Waals surface area contributed by atoms with Gasteiger partial charge in [-0.1, -0.05) is 0 Å². The van der Waals surface area contributed by atoms with Gasteiger partial charge in [-0.2, -0.15) is 0 Å². The maximum absolute atomic E-state index is 13.4. The molecule has 0 heterocycles. The highest BCUT2D eigenvalue weighted by Crippen LogP contribution is 2.36. The van der Waals surface area contributed by atoms with E-state index in [1.165, 1.54) is 33.1 Å². The fourth-order valence-electron chi connectivity index (χ4n) is 1.25. The smallest absolute Gasteiger partial charge is 0.133 e. The van der Waals surface area contributed by atoms with Crippen molar-refractivity contribution >= 4 is 15.9 Å². The van der Waals surface area contributed by atoms with E-state index < -0.39 is 11.4 Å². The fraction of sp³-hybridized carbons (Fsp3) is 0.400. The van der Waals surface area contributed by atoms with Gasteiger partial charge in [-0.3, -0.25) is 0 Å². The van der Waals surface area contributed by atoms with E-state index in [-0.39, 0.29) is 5.56 Å². The minimum Gasteiger partial charge on any atom is -0.496 e. The van der Waals surface area contributed by atoms with E-state index in [1.54, 1.807) is 0 Å². The van der Waals surface area contributed by atoms with Crippen LogP contribution in [0.25, 0.3) is 0 Å². The second-order valence-electron chi connectivity index (χ2n) is 3.50. The van der Waals surface area contributed by atoms with Crippen LogP contribution in [0.5, 0.6) is 5.75 Å². The van der Waals surface area contributed by atoms with Gasteiger partial charge in [0.1, 0.15) is 11.6 Å². The molecule has 1 rings (SSSR count). The van der Waals surface area contributed by atoms with Crippen molar-refractivity contribution in [3.05, 3.63) is 28.0 Å². The summed E-state index contributed by atoms with van der Waals surface area (Å²) < 4.78 is 18.9. The molecule has 14 heavy (non-hydrogen) atoms. The standard InChI is InChI=1S/C10H12BrFO2/c1-10(2,13)8-6(12)4-5-7(14-3)9(8)11/h4-5,13H,1-3H3. The van der Waals surface area contributed by atoms with E-state index in [4.69, 9.17) is 4.74 Å². The topological polar surface area (TPSA) is 29.5 Å². The van der Waals surface area contributed by atoms with Gasteiger partial charge in [0.15, 0.2) is 0 Å². The highest BCUT2D eigenvalue weighted by atomic mass is 79.9. The first-order valence-electron chi connectivity index (χ1n) is 4.12. The van der Waals surface area contributed by atoms with Gasteiger partial charge in [-0.15, -0.1) is 0 Å². The molecule has 4 heteroatoms. The predicted molar refractivity (Wildman–Crippen MR) is 55.9 cm³/mol. The Labute approximate surface area is 90.8 Å². The lowest BCUT2D eigenvalue weighted by atomic mass is 9.97. The number of methoxy groups -OCH3 is 1. The van der Waals surface area contributed by atoms with Crippen molar-refractivity contribution in [2.24, 2.45) is 0 Å². The lowest BCUT2D eigenvalue weighted by Gasteiger charge is -2.21. The molecule has 0 spiro atoms. The van der Waals surface area contributed by atoms with E-state index >= 15 is 0 Å². The molecule has 0 aliphatic heterocycles. The molecule has 0 saturated carbocycles. The third-order valence-corrected chi connectivity index (χ3v) is 2.67. The number of ether oxygens (including phenoxy) is 1. The van der Waals surface area contributed by atoms with Crippen molar-refractivity contribution in [3.8, 4) is 5.75 Å². The quantitative estimate of drug-likeness (QED) is 0.889. The molecular formula is C10H12BrFO2. The van der Waals surface area contributed by atoms with Crippen molar-refractivity contribution in [3.63, 3.8) is 0 Å². The highest BCUT2D eigenvalue weighted by molar-refractivity contribution is 9.10. The molecule has 0 amide bonds. The van der Waals surface area contributed by atoms with E-state index in [9.17, 15) is 9.50 Å². The molecule has 0 aromatic heterocycles. The second kappa shape index (κ2) is 3.87. The molecule has 0 saturated heterocycles. The summed E-state index contributed by atoms with van der Waals surface area (Å²) in [7, 11) is 1.49. The van der Waals surface area contributed by atoms with Crippen LogP contribution in [0.2, 0.25) is 0 Å². The molecular weight excluding hydrogens is 251 g/mol. The van der Waals surface area contributed by atoms with Gasteiger partial charge in [0, 0.05) is 5.56 Å². The maximum Gasteiger partial charge on any atom is 0.133 e. The van der Waals surface area contributed by atoms with Crippen molar-refractivity contribution in [1.82, 2.24) is 0 Å². The number of rotatable bonds is 2. The largest absolute Gasteiger partial charge is 0.496 e. The van der Waals surface area contributed by atoms with Crippen molar-refractivity contribution in [2.75, 3.05) is 7.11 Å². The van der Waals surface area contributed by atoms with Crippen LogP contribution in [0, 0.1) is 5.82 Å². The third-order valence-electron chi connectivity index (χ3n) is 1.89. The maximum atomic E-state index is 13.4. The Bertz CT molecular complexity index is 345. The summed E-state index contributed by atoms with van der Waals surface area (Å²) in [5.74, 6) is 0.0497. The summed E-state index contributed by atoms with van der Waals surface area (Å²) in [6, 6.07) is 2.78. The van der Waals surface area contributed by atoms with Crippen LogP contribution >= 0.6 is 15.9 Å². The molecule has 0 aliphatic carbocycles. The van der Waals surface area contributed by atoms with E-state index in [0.29, 0.717) is 10.2 Å². The first-order chi connectivity index (χ1) is 6.38. The first-order valence-corrected chi connectivity index (χ1v) is 4.92. The van der Waals surface area contributed by atoms with E-state index in [0.717, 1.165) is 0 Å². The molecule has 0 radical (unpaired) electrons. The fourth-order valence-corrected chi connectivity index (χ4v) is 2.22. The molecule has 0 unspecified atom stereocenters. The Morgan fingerprint density at radius 1 is 1.43 bits per heavy atom. The van der Waals surface area contributed by atoms with Gasteiger partial charge in [0.05, 0.1) is 17.2 Å². The lowest BCUT2D eigenvalue weighted by Crippen LogP contribution is -2.18. The molecule has 2 nitrogen and oxygen atoms in total. The van der Waals surface area contributed by atoms with Crippen LogP contribution in [0.4, 0.5) is 4.39 Å². The summed E-state index contributed by atoms with van der Waals surface area (Å²) in [5.41, 5.74) is -1.03. The predicted octanol–water partition coefficient (Wildman–Crippen LogP) is 2.82. The SMILES string of the molecule is COc1ccc(F)c(C(C)(C)O)c1Br. The van der Waals surface area contributed by atoms with E-state index in [1.807, 2.05) is 0 Å². The zero-order chi connectivity index (χ0) is 10.9. The third kappa shape index (κ3) is 2.07. The summed E-state index contributed by atoms with van der Waals surface area (Å²) >= 11 is 3.20. The van der Waals surface area contributed by atoms with Gasteiger partial charge >= 0.3 is 0 Å². The second-order valence-corrected chi connectivity index (χ2v) is 4.29. The van der Waals surface area contributed by atoms with Crippen LogP contribution < -0.4 is 4.74 Å². The van der Waals surface area contributed by atoms with Crippen LogP contribution in [0.15, 0.2) is 16.6 Å². The Balaban J connectivity index is 3.40. The van der Waals surface area contributed by atoms with Gasteiger partial charge < -0.3 is 9.84 Å². The molecule has 78 valence electrons.